The number of ether oxygens (including phenoxy) is 4. The highest BCUT2D eigenvalue weighted by Crippen LogP contribution is 2.03. The van der Waals surface area contributed by atoms with Crippen molar-refractivity contribution in [3.8, 4) is 0 Å². The van der Waals surface area contributed by atoms with Crippen LogP contribution in [0.15, 0.2) is 0 Å². The Bertz CT molecular complexity index is 350. The Kier molecular flexibility index (Phi) is 12.0. The van der Waals surface area contributed by atoms with Crippen molar-refractivity contribution in [1.82, 2.24) is 16.0 Å². The predicted octanol–water partition coefficient (Wildman–Crippen LogP) is -0.740. The maximum atomic E-state index is 11.7. The van der Waals surface area contributed by atoms with Gasteiger partial charge in [0.1, 0.15) is 6.61 Å². The molecule has 2 amide bonds. The van der Waals surface area contributed by atoms with Crippen LogP contribution in [0.4, 0.5) is 4.79 Å². The van der Waals surface area contributed by atoms with Crippen molar-refractivity contribution in [3.63, 3.8) is 0 Å². The lowest BCUT2D eigenvalue weighted by Gasteiger charge is -2.11. The fourth-order valence-corrected chi connectivity index (χ4v) is 2.09. The number of nitrogens with one attached hydrogen (secondary N) is 3. The molecule has 24 heavy (non-hydrogen) atoms. The van der Waals surface area contributed by atoms with Gasteiger partial charge in [-0.3, -0.25) is 4.79 Å². The second kappa shape index (κ2) is 14.0. The number of carbonyl (C=O) groups excluding carboxylic acids is 2. The molecule has 1 aliphatic rings. The highest BCUT2D eigenvalue weighted by molar-refractivity contribution is 5.81. The fraction of sp³-hybridized carbons (Fsp3) is 0.867. The molecule has 0 spiro atoms. The summed E-state index contributed by atoms with van der Waals surface area (Å²) in [4.78, 5) is 22.4. The van der Waals surface area contributed by atoms with Gasteiger partial charge in [0.25, 0.3) is 0 Å². The van der Waals surface area contributed by atoms with Crippen molar-refractivity contribution in [3.05, 3.63) is 0 Å². The molecule has 0 aromatic carbocycles. The first-order valence-electron chi connectivity index (χ1n) is 8.33. The third kappa shape index (κ3) is 10.4. The van der Waals surface area contributed by atoms with Crippen LogP contribution in [0.1, 0.15) is 12.8 Å². The summed E-state index contributed by atoms with van der Waals surface area (Å²) in [7, 11) is 1.50. The van der Waals surface area contributed by atoms with E-state index in [4.69, 9.17) is 18.9 Å². The van der Waals surface area contributed by atoms with Crippen molar-refractivity contribution in [1.29, 1.82) is 0 Å². The summed E-state index contributed by atoms with van der Waals surface area (Å²) in [5.41, 5.74) is 0. The van der Waals surface area contributed by atoms with Crippen LogP contribution in [0.3, 0.4) is 0 Å². The zero-order valence-corrected chi connectivity index (χ0v) is 14.3. The average molecular weight is 347 g/mol. The summed E-state index contributed by atoms with van der Waals surface area (Å²) >= 11 is 0. The number of amides is 2. The summed E-state index contributed by atoms with van der Waals surface area (Å²) in [5, 5.41) is 8.33. The number of hydrogen-bond donors (Lipinski definition) is 3. The van der Waals surface area contributed by atoms with Crippen LogP contribution in [-0.4, -0.2) is 84.4 Å². The van der Waals surface area contributed by atoms with Crippen LogP contribution in [0, 0.1) is 0 Å². The van der Waals surface area contributed by atoms with Crippen molar-refractivity contribution in [2.24, 2.45) is 0 Å². The minimum atomic E-state index is -0.470. The van der Waals surface area contributed by atoms with Crippen molar-refractivity contribution in [2.75, 3.05) is 66.4 Å². The first-order valence-corrected chi connectivity index (χ1v) is 8.33. The molecule has 1 saturated heterocycles. The van der Waals surface area contributed by atoms with E-state index in [0.717, 1.165) is 19.4 Å². The standard InChI is InChI=1S/C15H29N3O6/c1-16-15(20)24-12-11-23-10-9-22-8-7-21-6-5-18-14(19)13-3-2-4-17-13/h13,17H,2-12H2,1H3,(H,16,20)(H,18,19)/t13-/m0/s1. The second-order valence-corrected chi connectivity index (χ2v) is 5.16. The highest BCUT2D eigenvalue weighted by atomic mass is 16.6. The average Bonchev–Trinajstić information content (AvgIpc) is 3.13. The molecule has 0 bridgehead atoms. The molecule has 0 unspecified atom stereocenters. The minimum absolute atomic E-state index is 0.0462. The molecule has 1 atom stereocenters. The topological polar surface area (TPSA) is 107 Å². The number of carbonyl (C=O) groups is 2. The van der Waals surface area contributed by atoms with Gasteiger partial charge in [-0.1, -0.05) is 0 Å². The normalized spacial score (nSPS) is 16.8. The number of rotatable bonds is 13. The van der Waals surface area contributed by atoms with Crippen molar-refractivity contribution in [2.45, 2.75) is 18.9 Å². The summed E-state index contributed by atoms with van der Waals surface area (Å²) in [5.74, 6) is 0.0462. The SMILES string of the molecule is CNC(=O)OCCOCCOCCOCCNC(=O)[C@@H]1CCCN1. The molecule has 9 nitrogen and oxygen atoms in total. The molecule has 1 fully saturated rings. The van der Waals surface area contributed by atoms with Gasteiger partial charge in [0.15, 0.2) is 0 Å². The Morgan fingerprint density at radius 3 is 2.21 bits per heavy atom. The smallest absolute Gasteiger partial charge is 0.406 e. The fourth-order valence-electron chi connectivity index (χ4n) is 2.09. The van der Waals surface area contributed by atoms with Gasteiger partial charge in [-0.05, 0) is 19.4 Å². The van der Waals surface area contributed by atoms with Crippen LogP contribution in [0.2, 0.25) is 0 Å². The maximum absolute atomic E-state index is 11.7. The first-order chi connectivity index (χ1) is 11.7. The molecule has 3 N–H and O–H groups in total. The second-order valence-electron chi connectivity index (χ2n) is 5.16. The summed E-state index contributed by atoms with van der Waals surface area (Å²) in [6.45, 7) is 4.26. The predicted molar refractivity (Wildman–Crippen MR) is 86.9 cm³/mol. The zero-order valence-electron chi connectivity index (χ0n) is 14.3. The zero-order chi connectivity index (χ0) is 17.5. The van der Waals surface area contributed by atoms with E-state index in [1.165, 1.54) is 7.05 Å². The van der Waals surface area contributed by atoms with Gasteiger partial charge in [0.05, 0.1) is 45.7 Å². The van der Waals surface area contributed by atoms with Crippen LogP contribution in [-0.2, 0) is 23.7 Å². The largest absolute Gasteiger partial charge is 0.447 e. The van der Waals surface area contributed by atoms with Gasteiger partial charge in [-0.25, -0.2) is 4.79 Å². The first kappa shape index (κ1) is 20.6. The van der Waals surface area contributed by atoms with Gasteiger partial charge >= 0.3 is 6.09 Å². The van der Waals surface area contributed by atoms with Crippen LogP contribution in [0.25, 0.3) is 0 Å². The Morgan fingerprint density at radius 2 is 1.62 bits per heavy atom. The Hall–Kier alpha value is -1.42. The summed E-state index contributed by atoms with van der Waals surface area (Å²) in [6.07, 6.45) is 1.49. The van der Waals surface area contributed by atoms with E-state index in [1.54, 1.807) is 0 Å². The molecule has 9 heteroatoms. The van der Waals surface area contributed by atoms with E-state index in [0.29, 0.717) is 46.2 Å². The van der Waals surface area contributed by atoms with E-state index in [-0.39, 0.29) is 18.6 Å². The molecule has 1 aliphatic heterocycles. The summed E-state index contributed by atoms with van der Waals surface area (Å²) in [6, 6.07) is -0.0462. The molecular weight excluding hydrogens is 318 g/mol. The third-order valence-electron chi connectivity index (χ3n) is 3.33. The molecule has 1 rings (SSSR count). The lowest BCUT2D eigenvalue weighted by atomic mass is 10.2. The van der Waals surface area contributed by atoms with E-state index in [1.807, 2.05) is 0 Å². The Morgan fingerprint density at radius 1 is 1.00 bits per heavy atom. The molecular formula is C15H29N3O6. The van der Waals surface area contributed by atoms with E-state index in [2.05, 4.69) is 16.0 Å². The van der Waals surface area contributed by atoms with Crippen molar-refractivity contribution < 1.29 is 28.5 Å². The molecule has 0 aliphatic carbocycles. The Balaban J connectivity index is 1.74. The van der Waals surface area contributed by atoms with Crippen molar-refractivity contribution >= 4 is 12.0 Å². The van der Waals surface area contributed by atoms with E-state index >= 15 is 0 Å². The lowest BCUT2D eigenvalue weighted by molar-refractivity contribution is -0.123. The lowest BCUT2D eigenvalue weighted by Crippen LogP contribution is -2.41. The molecule has 140 valence electrons. The van der Waals surface area contributed by atoms with Gasteiger partial charge in [0.2, 0.25) is 5.91 Å². The highest BCUT2D eigenvalue weighted by Gasteiger charge is 2.20. The van der Waals surface area contributed by atoms with Crippen LogP contribution >= 0.6 is 0 Å². The molecule has 0 radical (unpaired) electrons. The van der Waals surface area contributed by atoms with Gasteiger partial charge < -0.3 is 34.9 Å². The number of alkyl carbamates (subject to hydrolysis) is 1. The van der Waals surface area contributed by atoms with Crippen LogP contribution in [0.5, 0.6) is 0 Å². The maximum Gasteiger partial charge on any atom is 0.406 e. The number of hydrogen-bond acceptors (Lipinski definition) is 7. The molecule has 0 saturated carbocycles. The van der Waals surface area contributed by atoms with E-state index in [9.17, 15) is 9.59 Å². The molecule has 1 heterocycles. The monoisotopic (exact) mass is 347 g/mol. The molecule has 0 aromatic heterocycles. The van der Waals surface area contributed by atoms with Gasteiger partial charge in [0, 0.05) is 13.6 Å². The Labute approximate surface area is 142 Å². The molecule has 0 aromatic rings. The van der Waals surface area contributed by atoms with Crippen LogP contribution < -0.4 is 16.0 Å². The van der Waals surface area contributed by atoms with Gasteiger partial charge in [-0.15, -0.1) is 0 Å². The quantitative estimate of drug-likeness (QED) is 0.377. The van der Waals surface area contributed by atoms with Gasteiger partial charge in [-0.2, -0.15) is 0 Å². The minimum Gasteiger partial charge on any atom is -0.447 e. The third-order valence-corrected chi connectivity index (χ3v) is 3.33. The summed E-state index contributed by atoms with van der Waals surface area (Å²) < 4.78 is 20.7. The van der Waals surface area contributed by atoms with E-state index < -0.39 is 6.09 Å².